The van der Waals surface area contributed by atoms with Gasteiger partial charge in [0, 0.05) is 12.0 Å². The van der Waals surface area contributed by atoms with E-state index in [1.54, 1.807) is 0 Å². The summed E-state index contributed by atoms with van der Waals surface area (Å²) in [5.41, 5.74) is 2.42. The molecule has 4 nitrogen and oxygen atoms in total. The molecule has 0 amide bonds. The maximum atomic E-state index is 13.1. The van der Waals surface area contributed by atoms with Crippen LogP contribution in [-0.4, -0.2) is 37.4 Å². The van der Waals surface area contributed by atoms with Crippen LogP contribution < -0.4 is 4.74 Å². The smallest absolute Gasteiger partial charge is 0.367 e. The van der Waals surface area contributed by atoms with E-state index < -0.39 is 0 Å². The molecular weight excluding hydrogens is 470 g/mol. The van der Waals surface area contributed by atoms with Crippen molar-refractivity contribution in [2.24, 2.45) is 0 Å². The molecule has 0 saturated heterocycles. The summed E-state index contributed by atoms with van der Waals surface area (Å²) < 4.78 is 12.2. The molecule has 0 N–H and O–H groups in total. The highest BCUT2D eigenvalue weighted by atomic mass is 16.7. The Balaban J connectivity index is 1.73. The van der Waals surface area contributed by atoms with Gasteiger partial charge < -0.3 is 14.0 Å². The number of hydrogen-bond acceptors (Lipinski definition) is 3. The van der Waals surface area contributed by atoms with Gasteiger partial charge >= 0.3 is 5.97 Å². The molecule has 212 valence electrons. The van der Waals surface area contributed by atoms with Crippen molar-refractivity contribution in [3.05, 3.63) is 65.7 Å². The van der Waals surface area contributed by atoms with Gasteiger partial charge in [0.15, 0.2) is 6.04 Å². The molecule has 0 heterocycles. The topological polar surface area (TPSA) is 35.5 Å². The lowest BCUT2D eigenvalue weighted by molar-refractivity contribution is -0.920. The average molecular weight is 525 g/mol. The summed E-state index contributed by atoms with van der Waals surface area (Å²) in [7, 11) is 4.22. The number of unbranched alkanes of at least 4 members (excludes halogenated alkanes) is 10. The normalized spacial score (nSPS) is 12.3. The highest BCUT2D eigenvalue weighted by Crippen LogP contribution is 2.23. The predicted molar refractivity (Wildman–Crippen MR) is 159 cm³/mol. The van der Waals surface area contributed by atoms with E-state index >= 15 is 0 Å². The zero-order valence-electron chi connectivity index (χ0n) is 24.8. The molecule has 0 saturated carbocycles. The van der Waals surface area contributed by atoms with Gasteiger partial charge in [0.25, 0.3) is 0 Å². The van der Waals surface area contributed by atoms with Crippen LogP contribution >= 0.6 is 0 Å². The molecular formula is C34H54NO3+. The van der Waals surface area contributed by atoms with E-state index in [-0.39, 0.29) is 18.8 Å². The summed E-state index contributed by atoms with van der Waals surface area (Å²) in [5.74, 6) is 0.646. The number of rotatable bonds is 21. The molecule has 0 fully saturated rings. The van der Waals surface area contributed by atoms with E-state index in [4.69, 9.17) is 9.47 Å². The highest BCUT2D eigenvalue weighted by molar-refractivity contribution is 5.74. The first-order chi connectivity index (χ1) is 18.5. The number of para-hydroxylation sites is 1. The van der Waals surface area contributed by atoms with Gasteiger partial charge in [0.1, 0.15) is 12.3 Å². The minimum atomic E-state index is -0.226. The molecule has 0 aromatic heterocycles. The van der Waals surface area contributed by atoms with Crippen LogP contribution in [0.4, 0.5) is 0 Å². The van der Waals surface area contributed by atoms with Crippen LogP contribution in [0, 0.1) is 0 Å². The van der Waals surface area contributed by atoms with Gasteiger partial charge in [0.2, 0.25) is 6.79 Å². The number of ether oxygens (including phenoxy) is 2. The number of quaternary nitrogens is 1. The van der Waals surface area contributed by atoms with Crippen molar-refractivity contribution in [1.82, 2.24) is 0 Å². The van der Waals surface area contributed by atoms with E-state index in [1.807, 2.05) is 30.3 Å². The zero-order valence-corrected chi connectivity index (χ0v) is 24.8. The lowest BCUT2D eigenvalue weighted by Gasteiger charge is -2.36. The minimum Gasteiger partial charge on any atom is -0.457 e. The first-order valence-corrected chi connectivity index (χ1v) is 15.2. The number of carbonyl (C=O) groups is 1. The lowest BCUT2D eigenvalue weighted by atomic mass is 10.0. The van der Waals surface area contributed by atoms with E-state index in [0.717, 1.165) is 31.6 Å². The van der Waals surface area contributed by atoms with Crippen molar-refractivity contribution >= 4 is 5.97 Å². The van der Waals surface area contributed by atoms with Crippen molar-refractivity contribution < 1.29 is 18.8 Å². The molecule has 1 unspecified atom stereocenters. The number of nitrogens with zero attached hydrogens (tertiary/aromatic N) is 1. The van der Waals surface area contributed by atoms with Crippen molar-refractivity contribution in [2.45, 2.75) is 116 Å². The minimum absolute atomic E-state index is 0.0420. The molecule has 4 heteroatoms. The molecule has 0 aliphatic heterocycles. The van der Waals surface area contributed by atoms with Gasteiger partial charge in [-0.1, -0.05) is 127 Å². The van der Waals surface area contributed by atoms with Crippen molar-refractivity contribution in [3.63, 3.8) is 0 Å². The SMILES string of the molecule is CCCCCCCCCCCCCc1ccccc1OCOC(=O)C(CCC)[N+](C)(C)Cc1ccccc1. The molecule has 1 atom stereocenters. The first kappa shape index (κ1) is 31.9. The maximum Gasteiger partial charge on any atom is 0.367 e. The Morgan fingerprint density at radius 3 is 1.95 bits per heavy atom. The fraction of sp³-hybridized carbons (Fsp3) is 0.618. The largest absolute Gasteiger partial charge is 0.457 e. The van der Waals surface area contributed by atoms with Gasteiger partial charge in [0.05, 0.1) is 14.1 Å². The third-order valence-corrected chi connectivity index (χ3v) is 7.55. The lowest BCUT2D eigenvalue weighted by Crippen LogP contribution is -2.53. The van der Waals surface area contributed by atoms with Gasteiger partial charge in [-0.05, 0) is 30.9 Å². The Hall–Kier alpha value is -2.33. The van der Waals surface area contributed by atoms with Crippen molar-refractivity contribution in [3.8, 4) is 5.75 Å². The fourth-order valence-corrected chi connectivity index (χ4v) is 5.27. The molecule has 0 aliphatic carbocycles. The van der Waals surface area contributed by atoms with Crippen LogP contribution in [0.15, 0.2) is 54.6 Å². The van der Waals surface area contributed by atoms with Crippen molar-refractivity contribution in [1.29, 1.82) is 0 Å². The number of hydrogen-bond donors (Lipinski definition) is 0. The Morgan fingerprint density at radius 1 is 0.737 bits per heavy atom. The predicted octanol–water partition coefficient (Wildman–Crippen LogP) is 8.86. The Labute approximate surface area is 233 Å². The summed E-state index contributed by atoms with van der Waals surface area (Å²) in [6.07, 6.45) is 17.5. The second-order valence-corrected chi connectivity index (χ2v) is 11.3. The van der Waals surface area contributed by atoms with Crippen LogP contribution in [0.25, 0.3) is 0 Å². The molecule has 2 aromatic rings. The monoisotopic (exact) mass is 524 g/mol. The summed E-state index contributed by atoms with van der Waals surface area (Å²) >= 11 is 0. The van der Waals surface area contributed by atoms with E-state index in [9.17, 15) is 4.79 Å². The first-order valence-electron chi connectivity index (χ1n) is 15.2. The molecule has 0 bridgehead atoms. The Morgan fingerprint density at radius 2 is 1.32 bits per heavy atom. The number of benzene rings is 2. The number of aryl methyl sites for hydroxylation is 1. The molecule has 0 radical (unpaired) electrons. The number of esters is 1. The number of likely N-dealkylation sites (N-methyl/N-ethyl adjacent to an activating group) is 1. The summed E-state index contributed by atoms with van der Waals surface area (Å²) in [6, 6.07) is 18.3. The molecule has 2 aromatic carbocycles. The third-order valence-electron chi connectivity index (χ3n) is 7.55. The maximum absolute atomic E-state index is 13.1. The van der Waals surface area contributed by atoms with Crippen molar-refractivity contribution in [2.75, 3.05) is 20.9 Å². The quantitative estimate of drug-likeness (QED) is 0.0708. The molecule has 0 spiro atoms. The Bertz CT molecular complexity index is 880. The van der Waals surface area contributed by atoms with E-state index in [2.05, 4.69) is 52.2 Å². The van der Waals surface area contributed by atoms with E-state index in [0.29, 0.717) is 4.48 Å². The van der Waals surface area contributed by atoms with Crippen LogP contribution in [0.1, 0.15) is 108 Å². The molecule has 38 heavy (non-hydrogen) atoms. The average Bonchev–Trinajstić information content (AvgIpc) is 2.91. The van der Waals surface area contributed by atoms with E-state index in [1.165, 1.54) is 81.8 Å². The summed E-state index contributed by atoms with van der Waals surface area (Å²) in [4.78, 5) is 13.1. The van der Waals surface area contributed by atoms with Gasteiger partial charge in [-0.3, -0.25) is 0 Å². The van der Waals surface area contributed by atoms with Gasteiger partial charge in [-0.15, -0.1) is 0 Å². The van der Waals surface area contributed by atoms with Gasteiger partial charge in [-0.2, -0.15) is 0 Å². The highest BCUT2D eigenvalue weighted by Gasteiger charge is 2.35. The second-order valence-electron chi connectivity index (χ2n) is 11.3. The Kier molecular flexibility index (Phi) is 15.8. The zero-order chi connectivity index (χ0) is 27.5. The summed E-state index contributed by atoms with van der Waals surface area (Å²) in [6.45, 7) is 5.13. The van der Waals surface area contributed by atoms with Crippen LogP contribution in [-0.2, 0) is 22.5 Å². The fourth-order valence-electron chi connectivity index (χ4n) is 5.27. The van der Waals surface area contributed by atoms with Crippen LogP contribution in [0.5, 0.6) is 5.75 Å². The molecule has 2 rings (SSSR count). The van der Waals surface area contributed by atoms with Crippen LogP contribution in [0.2, 0.25) is 0 Å². The third kappa shape index (κ3) is 12.5. The summed E-state index contributed by atoms with van der Waals surface area (Å²) in [5, 5.41) is 0. The van der Waals surface area contributed by atoms with Crippen LogP contribution in [0.3, 0.4) is 0 Å². The second kappa shape index (κ2) is 18.8. The molecule has 0 aliphatic rings. The standard InChI is InChI=1S/C34H54NO3/c1-5-7-8-9-10-11-12-13-14-15-19-25-31-26-20-21-27-33(31)37-29-38-34(36)32(22-6-2)35(3,4)28-30-23-17-16-18-24-30/h16-18,20-21,23-24,26-27,32H,5-15,19,22,25,28-29H2,1-4H3/q+1. The number of carbonyl (C=O) groups excluding carboxylic acids is 1. The van der Waals surface area contributed by atoms with Gasteiger partial charge in [-0.25, -0.2) is 4.79 Å².